The molecule has 1 N–H and O–H groups in total. The third-order valence-corrected chi connectivity index (χ3v) is 2.64. The van der Waals surface area contributed by atoms with Crippen molar-refractivity contribution >= 4 is 11.7 Å². The molecule has 0 aliphatic carbocycles. The molecule has 0 spiro atoms. The number of carboxylic acid groups (broad SMARTS) is 1. The van der Waals surface area contributed by atoms with Crippen molar-refractivity contribution in [3.8, 4) is 0 Å². The summed E-state index contributed by atoms with van der Waals surface area (Å²) in [7, 11) is 2.01. The van der Waals surface area contributed by atoms with E-state index in [1.54, 1.807) is 0 Å². The van der Waals surface area contributed by atoms with Crippen LogP contribution in [0.25, 0.3) is 0 Å². The van der Waals surface area contributed by atoms with E-state index >= 15 is 0 Å². The average Bonchev–Trinajstić information content (AvgIpc) is 2.48. The molecule has 3 heteroatoms. The van der Waals surface area contributed by atoms with Crippen LogP contribution in [0.1, 0.15) is 11.1 Å². The Morgan fingerprint density at radius 2 is 2.36 bits per heavy atom. The van der Waals surface area contributed by atoms with E-state index in [0.29, 0.717) is 0 Å². The number of likely N-dealkylation sites (N-methyl/N-ethyl adjacent to an activating group) is 1. The van der Waals surface area contributed by atoms with Crippen molar-refractivity contribution in [2.75, 3.05) is 18.5 Å². The molecule has 0 aromatic heterocycles. The number of fused-ring (bicyclic) bond motifs is 1. The molecule has 1 aromatic carbocycles. The van der Waals surface area contributed by atoms with Crippen LogP contribution < -0.4 is 4.90 Å². The molecule has 0 unspecified atom stereocenters. The van der Waals surface area contributed by atoms with Gasteiger partial charge in [-0.05, 0) is 17.5 Å². The van der Waals surface area contributed by atoms with Crippen LogP contribution in [0.3, 0.4) is 0 Å². The van der Waals surface area contributed by atoms with Crippen LogP contribution in [-0.4, -0.2) is 24.7 Å². The summed E-state index contributed by atoms with van der Waals surface area (Å²) >= 11 is 0. The van der Waals surface area contributed by atoms with Gasteiger partial charge < -0.3 is 10.0 Å². The molecule has 0 fully saturated rings. The molecule has 0 bridgehead atoms. The molecule has 1 aliphatic heterocycles. The van der Waals surface area contributed by atoms with E-state index in [1.807, 2.05) is 19.2 Å². The number of para-hydroxylation sites is 1. The van der Waals surface area contributed by atoms with Gasteiger partial charge >= 0.3 is 5.97 Å². The van der Waals surface area contributed by atoms with Crippen molar-refractivity contribution in [2.45, 2.75) is 12.8 Å². The molecular formula is C11H13NO2. The highest BCUT2D eigenvalue weighted by atomic mass is 16.4. The molecule has 14 heavy (non-hydrogen) atoms. The zero-order chi connectivity index (χ0) is 10.1. The highest BCUT2D eigenvalue weighted by Crippen LogP contribution is 2.30. The van der Waals surface area contributed by atoms with Crippen LogP contribution in [0.15, 0.2) is 18.2 Å². The smallest absolute Gasteiger partial charge is 0.307 e. The van der Waals surface area contributed by atoms with Gasteiger partial charge in [-0.3, -0.25) is 4.79 Å². The largest absolute Gasteiger partial charge is 0.481 e. The minimum absolute atomic E-state index is 0.119. The fraction of sp³-hybridized carbons (Fsp3) is 0.364. The Kier molecular flexibility index (Phi) is 2.15. The summed E-state index contributed by atoms with van der Waals surface area (Å²) < 4.78 is 0. The second-order valence-corrected chi connectivity index (χ2v) is 3.67. The van der Waals surface area contributed by atoms with Gasteiger partial charge in [-0.25, -0.2) is 0 Å². The number of nitrogens with zero attached hydrogens (tertiary/aromatic N) is 1. The fourth-order valence-corrected chi connectivity index (χ4v) is 2.04. The molecule has 1 aromatic rings. The van der Waals surface area contributed by atoms with Crippen LogP contribution in [0.5, 0.6) is 0 Å². The number of benzene rings is 1. The third-order valence-electron chi connectivity index (χ3n) is 2.64. The Bertz CT molecular complexity index is 374. The van der Waals surface area contributed by atoms with Gasteiger partial charge in [0.15, 0.2) is 0 Å². The zero-order valence-electron chi connectivity index (χ0n) is 8.16. The van der Waals surface area contributed by atoms with Crippen molar-refractivity contribution < 1.29 is 9.90 Å². The minimum Gasteiger partial charge on any atom is -0.481 e. The van der Waals surface area contributed by atoms with Gasteiger partial charge in [0, 0.05) is 19.3 Å². The second-order valence-electron chi connectivity index (χ2n) is 3.67. The minimum atomic E-state index is -0.765. The summed E-state index contributed by atoms with van der Waals surface area (Å²) in [4.78, 5) is 12.8. The molecule has 74 valence electrons. The van der Waals surface area contributed by atoms with Crippen LogP contribution in [0, 0.1) is 0 Å². The van der Waals surface area contributed by atoms with E-state index in [4.69, 9.17) is 5.11 Å². The molecule has 2 rings (SSSR count). The molecule has 1 heterocycles. The second kappa shape index (κ2) is 3.33. The van der Waals surface area contributed by atoms with Gasteiger partial charge in [0.05, 0.1) is 6.42 Å². The van der Waals surface area contributed by atoms with Gasteiger partial charge in [-0.2, -0.15) is 0 Å². The predicted octanol–water partition coefficient (Wildman–Crippen LogP) is 1.31. The lowest BCUT2D eigenvalue weighted by molar-refractivity contribution is -0.136. The standard InChI is InChI=1S/C11H13NO2/c1-12-6-5-8-3-2-4-9(11(8)12)7-10(13)14/h2-4H,5-7H2,1H3,(H,13,14). The number of aliphatic carboxylic acids is 1. The summed E-state index contributed by atoms with van der Waals surface area (Å²) in [6.07, 6.45) is 1.15. The maximum Gasteiger partial charge on any atom is 0.307 e. The van der Waals surface area contributed by atoms with Crippen molar-refractivity contribution in [2.24, 2.45) is 0 Å². The van der Waals surface area contributed by atoms with Gasteiger partial charge in [-0.15, -0.1) is 0 Å². The average molecular weight is 191 g/mol. The summed E-state index contributed by atoms with van der Waals surface area (Å²) in [6, 6.07) is 5.91. The van der Waals surface area contributed by atoms with E-state index in [-0.39, 0.29) is 6.42 Å². The van der Waals surface area contributed by atoms with Gasteiger partial charge in [0.2, 0.25) is 0 Å². The van der Waals surface area contributed by atoms with Gasteiger partial charge in [0.25, 0.3) is 0 Å². The van der Waals surface area contributed by atoms with Crippen molar-refractivity contribution in [1.29, 1.82) is 0 Å². The first-order valence-electron chi connectivity index (χ1n) is 4.72. The Balaban J connectivity index is 2.41. The first-order chi connectivity index (χ1) is 6.68. The van der Waals surface area contributed by atoms with E-state index in [9.17, 15) is 4.79 Å². The number of carboxylic acids is 1. The number of rotatable bonds is 2. The van der Waals surface area contributed by atoms with Gasteiger partial charge in [-0.1, -0.05) is 18.2 Å². The first kappa shape index (κ1) is 9.06. The normalized spacial score (nSPS) is 14.2. The van der Waals surface area contributed by atoms with Crippen LogP contribution in [0.4, 0.5) is 5.69 Å². The number of anilines is 1. The monoisotopic (exact) mass is 191 g/mol. The molecule has 0 atom stereocenters. The molecule has 0 saturated carbocycles. The van der Waals surface area contributed by atoms with Gasteiger partial charge in [0.1, 0.15) is 0 Å². The molecule has 0 amide bonds. The molecule has 0 radical (unpaired) electrons. The summed E-state index contributed by atoms with van der Waals surface area (Å²) in [5, 5.41) is 8.77. The SMILES string of the molecule is CN1CCc2cccc(CC(=O)O)c21. The van der Waals surface area contributed by atoms with Crippen molar-refractivity contribution in [3.05, 3.63) is 29.3 Å². The molecule has 3 nitrogen and oxygen atoms in total. The Morgan fingerprint density at radius 1 is 1.57 bits per heavy atom. The van der Waals surface area contributed by atoms with E-state index in [1.165, 1.54) is 5.56 Å². The first-order valence-corrected chi connectivity index (χ1v) is 4.72. The zero-order valence-corrected chi connectivity index (χ0v) is 8.16. The summed E-state index contributed by atoms with van der Waals surface area (Å²) in [6.45, 7) is 0.992. The lowest BCUT2D eigenvalue weighted by Crippen LogP contribution is -2.15. The van der Waals surface area contributed by atoms with Crippen LogP contribution in [-0.2, 0) is 17.6 Å². The number of carbonyl (C=O) groups is 1. The highest BCUT2D eigenvalue weighted by molar-refractivity contribution is 5.75. The third kappa shape index (κ3) is 1.45. The predicted molar refractivity (Wildman–Crippen MR) is 54.8 cm³/mol. The van der Waals surface area contributed by atoms with E-state index in [0.717, 1.165) is 24.2 Å². The number of hydrogen-bond donors (Lipinski definition) is 1. The highest BCUT2D eigenvalue weighted by Gasteiger charge is 2.19. The summed E-state index contributed by atoms with van der Waals surface area (Å²) in [5.74, 6) is -0.765. The number of hydrogen-bond acceptors (Lipinski definition) is 2. The Hall–Kier alpha value is -1.51. The van der Waals surface area contributed by atoms with Crippen LogP contribution >= 0.6 is 0 Å². The van der Waals surface area contributed by atoms with E-state index in [2.05, 4.69) is 11.0 Å². The molecule has 1 aliphatic rings. The van der Waals surface area contributed by atoms with Crippen molar-refractivity contribution in [1.82, 2.24) is 0 Å². The lowest BCUT2D eigenvalue weighted by atomic mass is 10.1. The topological polar surface area (TPSA) is 40.5 Å². The quantitative estimate of drug-likeness (QED) is 0.766. The summed E-state index contributed by atoms with van der Waals surface area (Å²) in [5.41, 5.74) is 3.32. The Morgan fingerprint density at radius 3 is 3.07 bits per heavy atom. The fourth-order valence-electron chi connectivity index (χ4n) is 2.04. The van der Waals surface area contributed by atoms with Crippen LogP contribution in [0.2, 0.25) is 0 Å². The maximum absolute atomic E-state index is 10.7. The van der Waals surface area contributed by atoms with Crippen molar-refractivity contribution in [3.63, 3.8) is 0 Å². The van der Waals surface area contributed by atoms with E-state index < -0.39 is 5.97 Å². The lowest BCUT2D eigenvalue weighted by Gasteiger charge is -2.15. The maximum atomic E-state index is 10.7. The Labute approximate surface area is 83.0 Å². The molecule has 0 saturated heterocycles. The molecular weight excluding hydrogens is 178 g/mol.